The van der Waals surface area contributed by atoms with Gasteiger partial charge in [-0.25, -0.2) is 0 Å². The number of rotatable bonds is 5. The van der Waals surface area contributed by atoms with Crippen molar-refractivity contribution in [3.05, 3.63) is 0 Å². The maximum atomic E-state index is 5.90. The smallest absolute Gasteiger partial charge is 0.0116 e. The van der Waals surface area contributed by atoms with Gasteiger partial charge in [0, 0.05) is 23.6 Å². The van der Waals surface area contributed by atoms with Gasteiger partial charge < -0.3 is 10.6 Å². The van der Waals surface area contributed by atoms with Crippen molar-refractivity contribution in [1.82, 2.24) is 4.90 Å². The van der Waals surface area contributed by atoms with Crippen LogP contribution in [-0.4, -0.2) is 41.6 Å². The monoisotopic (exact) mass is 258 g/mol. The van der Waals surface area contributed by atoms with E-state index in [0.717, 1.165) is 12.5 Å². The molecule has 1 fully saturated rings. The van der Waals surface area contributed by atoms with Crippen molar-refractivity contribution >= 4 is 11.8 Å². The second-order valence-electron chi connectivity index (χ2n) is 6.39. The molecule has 0 aromatic rings. The Bertz CT molecular complexity index is 216. The van der Waals surface area contributed by atoms with Gasteiger partial charge in [-0.05, 0) is 37.8 Å². The van der Waals surface area contributed by atoms with E-state index in [2.05, 4.69) is 44.4 Å². The minimum absolute atomic E-state index is 0.463. The molecule has 1 aliphatic heterocycles. The van der Waals surface area contributed by atoms with E-state index in [9.17, 15) is 0 Å². The topological polar surface area (TPSA) is 29.3 Å². The highest BCUT2D eigenvalue weighted by Gasteiger charge is 2.24. The van der Waals surface area contributed by atoms with E-state index < -0.39 is 0 Å². The highest BCUT2D eigenvalue weighted by atomic mass is 32.2. The molecule has 1 aliphatic rings. The van der Waals surface area contributed by atoms with Crippen LogP contribution in [0.1, 0.15) is 40.5 Å². The van der Waals surface area contributed by atoms with Crippen LogP contribution < -0.4 is 5.73 Å². The summed E-state index contributed by atoms with van der Waals surface area (Å²) in [6.45, 7) is 13.9. The van der Waals surface area contributed by atoms with E-state index in [1.807, 2.05) is 0 Å². The second-order valence-corrected chi connectivity index (χ2v) is 8.19. The molecule has 102 valence electrons. The minimum Gasteiger partial charge on any atom is -0.330 e. The third-order valence-electron chi connectivity index (χ3n) is 3.58. The fourth-order valence-corrected chi connectivity index (χ4v) is 3.66. The minimum atomic E-state index is 0.463. The predicted molar refractivity (Wildman–Crippen MR) is 79.6 cm³/mol. The summed E-state index contributed by atoms with van der Waals surface area (Å²) in [5.41, 5.74) is 5.90. The number of hydrogen-bond donors (Lipinski definition) is 1. The lowest BCUT2D eigenvalue weighted by molar-refractivity contribution is 0.225. The number of nitrogens with two attached hydrogens (primary N) is 1. The van der Waals surface area contributed by atoms with Crippen LogP contribution in [0.3, 0.4) is 0 Å². The van der Waals surface area contributed by atoms with Gasteiger partial charge in [-0.2, -0.15) is 11.8 Å². The van der Waals surface area contributed by atoms with Gasteiger partial charge in [-0.15, -0.1) is 0 Å². The fraction of sp³-hybridized carbons (Fsp3) is 1.00. The Hall–Kier alpha value is 0.270. The molecule has 0 radical (unpaired) electrons. The summed E-state index contributed by atoms with van der Waals surface area (Å²) < 4.78 is 0.463. The van der Waals surface area contributed by atoms with Crippen molar-refractivity contribution in [3.63, 3.8) is 0 Å². The molecular formula is C14H30N2S. The molecule has 0 aromatic carbocycles. The lowest BCUT2D eigenvalue weighted by Crippen LogP contribution is -2.35. The number of thioether (sulfide) groups is 1. The van der Waals surface area contributed by atoms with Crippen molar-refractivity contribution < 1.29 is 0 Å². The zero-order valence-electron chi connectivity index (χ0n) is 12.0. The van der Waals surface area contributed by atoms with Crippen LogP contribution in [0.2, 0.25) is 0 Å². The molecule has 2 nitrogen and oxygen atoms in total. The van der Waals surface area contributed by atoms with E-state index in [1.54, 1.807) is 0 Å². The van der Waals surface area contributed by atoms with E-state index in [1.165, 1.54) is 38.2 Å². The molecule has 0 aliphatic carbocycles. The van der Waals surface area contributed by atoms with Crippen LogP contribution in [0.15, 0.2) is 0 Å². The molecule has 0 saturated carbocycles. The van der Waals surface area contributed by atoms with Crippen molar-refractivity contribution in [1.29, 1.82) is 0 Å². The Morgan fingerprint density at radius 1 is 1.29 bits per heavy atom. The lowest BCUT2D eigenvalue weighted by atomic mass is 9.96. The van der Waals surface area contributed by atoms with Crippen LogP contribution >= 0.6 is 11.8 Å². The van der Waals surface area contributed by atoms with Crippen molar-refractivity contribution in [2.75, 3.05) is 31.9 Å². The predicted octanol–water partition coefficient (Wildman–Crippen LogP) is 2.82. The van der Waals surface area contributed by atoms with Crippen LogP contribution in [-0.2, 0) is 0 Å². The average molecular weight is 258 g/mol. The Balaban J connectivity index is 2.39. The summed E-state index contributed by atoms with van der Waals surface area (Å²) in [7, 11) is 0. The van der Waals surface area contributed by atoms with Gasteiger partial charge in [0.15, 0.2) is 0 Å². The molecule has 1 unspecified atom stereocenters. The standard InChI is InChI=1S/C14H30N2S/c1-12(2)9-13(10-15)11-16-6-5-14(3,4)17-8-7-16/h12-13H,5-11,15H2,1-4H3. The zero-order chi connectivity index (χ0) is 12.9. The van der Waals surface area contributed by atoms with Gasteiger partial charge in [0.2, 0.25) is 0 Å². The van der Waals surface area contributed by atoms with Crippen LogP contribution in [0.4, 0.5) is 0 Å². The molecule has 0 spiro atoms. The fourth-order valence-electron chi connectivity index (χ4n) is 2.52. The van der Waals surface area contributed by atoms with Gasteiger partial charge in [0.25, 0.3) is 0 Å². The van der Waals surface area contributed by atoms with Crippen LogP contribution in [0, 0.1) is 11.8 Å². The van der Waals surface area contributed by atoms with Crippen LogP contribution in [0.25, 0.3) is 0 Å². The van der Waals surface area contributed by atoms with E-state index in [4.69, 9.17) is 5.73 Å². The molecule has 1 saturated heterocycles. The molecule has 0 bridgehead atoms. The van der Waals surface area contributed by atoms with Gasteiger partial charge in [0.1, 0.15) is 0 Å². The number of nitrogens with zero attached hydrogens (tertiary/aromatic N) is 1. The van der Waals surface area contributed by atoms with Gasteiger partial charge in [-0.3, -0.25) is 0 Å². The highest BCUT2D eigenvalue weighted by Crippen LogP contribution is 2.31. The zero-order valence-corrected chi connectivity index (χ0v) is 12.9. The van der Waals surface area contributed by atoms with Crippen molar-refractivity contribution in [2.45, 2.75) is 45.3 Å². The maximum Gasteiger partial charge on any atom is 0.0116 e. The third-order valence-corrected chi connectivity index (χ3v) is 4.96. The Morgan fingerprint density at radius 3 is 2.59 bits per heavy atom. The van der Waals surface area contributed by atoms with Gasteiger partial charge in [-0.1, -0.05) is 27.7 Å². The van der Waals surface area contributed by atoms with Crippen LogP contribution in [0.5, 0.6) is 0 Å². The van der Waals surface area contributed by atoms with E-state index >= 15 is 0 Å². The lowest BCUT2D eigenvalue weighted by Gasteiger charge is -2.27. The first-order valence-corrected chi connectivity index (χ1v) is 7.98. The summed E-state index contributed by atoms with van der Waals surface area (Å²) >= 11 is 2.12. The maximum absolute atomic E-state index is 5.90. The molecule has 2 N–H and O–H groups in total. The highest BCUT2D eigenvalue weighted by molar-refractivity contribution is 8.00. The summed E-state index contributed by atoms with van der Waals surface area (Å²) in [6.07, 6.45) is 2.57. The summed E-state index contributed by atoms with van der Waals surface area (Å²) in [5, 5.41) is 0. The molecule has 0 amide bonds. The largest absolute Gasteiger partial charge is 0.330 e. The molecule has 3 heteroatoms. The van der Waals surface area contributed by atoms with Crippen molar-refractivity contribution in [2.24, 2.45) is 17.6 Å². The second kappa shape index (κ2) is 7.01. The van der Waals surface area contributed by atoms with Gasteiger partial charge >= 0.3 is 0 Å². The van der Waals surface area contributed by atoms with Crippen molar-refractivity contribution in [3.8, 4) is 0 Å². The molecule has 17 heavy (non-hydrogen) atoms. The SMILES string of the molecule is CC(C)CC(CN)CN1CCSC(C)(C)CC1. The molecule has 1 heterocycles. The Morgan fingerprint density at radius 2 is 2.00 bits per heavy atom. The third kappa shape index (κ3) is 6.12. The normalized spacial score (nSPS) is 23.6. The molecular weight excluding hydrogens is 228 g/mol. The van der Waals surface area contributed by atoms with E-state index in [-0.39, 0.29) is 0 Å². The van der Waals surface area contributed by atoms with Gasteiger partial charge in [0.05, 0.1) is 0 Å². The Kier molecular flexibility index (Phi) is 6.32. The first-order chi connectivity index (χ1) is 7.93. The first kappa shape index (κ1) is 15.3. The summed E-state index contributed by atoms with van der Waals surface area (Å²) in [6, 6.07) is 0. The molecule has 1 atom stereocenters. The Labute approximate surface area is 112 Å². The molecule has 1 rings (SSSR count). The number of hydrogen-bond acceptors (Lipinski definition) is 3. The average Bonchev–Trinajstić information content (AvgIpc) is 2.39. The summed E-state index contributed by atoms with van der Waals surface area (Å²) in [4.78, 5) is 2.63. The summed E-state index contributed by atoms with van der Waals surface area (Å²) in [5.74, 6) is 2.72. The quantitative estimate of drug-likeness (QED) is 0.822. The first-order valence-electron chi connectivity index (χ1n) is 6.99. The molecule has 0 aromatic heterocycles. The van der Waals surface area contributed by atoms with E-state index in [0.29, 0.717) is 10.7 Å².